The molecule has 21 heavy (non-hydrogen) atoms. The summed E-state index contributed by atoms with van der Waals surface area (Å²) in [6.45, 7) is 4.13. The molecule has 4 nitrogen and oxygen atoms in total. The van der Waals surface area contributed by atoms with Gasteiger partial charge in [-0.3, -0.25) is 0 Å². The average Bonchev–Trinajstić information content (AvgIpc) is 2.93. The zero-order valence-electron chi connectivity index (χ0n) is 12.9. The standard InChI is InChI=1S/C16H25N3OS/c1-18(2)13-8-10-19(12-13)9-5-11-20-15-7-4-3-6-14(15)16(17)21/h3-4,6-7,13H,5,8-12H2,1-2H3,(H2,17,21). The third-order valence-corrected chi connectivity index (χ3v) is 4.23. The lowest BCUT2D eigenvalue weighted by Gasteiger charge is -2.20. The summed E-state index contributed by atoms with van der Waals surface area (Å²) in [4.78, 5) is 5.21. The molecular weight excluding hydrogens is 282 g/mol. The molecule has 1 unspecified atom stereocenters. The topological polar surface area (TPSA) is 41.7 Å². The zero-order chi connectivity index (χ0) is 15.2. The minimum atomic E-state index is 0.388. The van der Waals surface area contributed by atoms with E-state index in [0.717, 1.165) is 30.8 Å². The number of nitrogens with zero attached hydrogens (tertiary/aromatic N) is 2. The van der Waals surface area contributed by atoms with Crippen LogP contribution < -0.4 is 10.5 Å². The third-order valence-electron chi connectivity index (χ3n) is 4.01. The smallest absolute Gasteiger partial charge is 0.129 e. The van der Waals surface area contributed by atoms with Crippen LogP contribution in [0, 0.1) is 0 Å². The van der Waals surface area contributed by atoms with Gasteiger partial charge in [0.1, 0.15) is 10.7 Å². The highest BCUT2D eigenvalue weighted by Crippen LogP contribution is 2.18. The first kappa shape index (κ1) is 16.2. The van der Waals surface area contributed by atoms with Crippen LogP contribution in [0.2, 0.25) is 0 Å². The Kier molecular flexibility index (Phi) is 5.96. The van der Waals surface area contributed by atoms with Gasteiger partial charge in [0.05, 0.1) is 12.2 Å². The van der Waals surface area contributed by atoms with Crippen LogP contribution in [0.1, 0.15) is 18.4 Å². The second-order valence-electron chi connectivity index (χ2n) is 5.77. The molecular formula is C16H25N3OS. The van der Waals surface area contributed by atoms with E-state index in [1.54, 1.807) is 0 Å². The minimum absolute atomic E-state index is 0.388. The van der Waals surface area contributed by atoms with Gasteiger partial charge >= 0.3 is 0 Å². The Morgan fingerprint density at radius 3 is 2.86 bits per heavy atom. The normalized spacial score (nSPS) is 19.1. The van der Waals surface area contributed by atoms with Crippen molar-refractivity contribution in [1.82, 2.24) is 9.80 Å². The highest BCUT2D eigenvalue weighted by atomic mass is 32.1. The molecule has 0 bridgehead atoms. The van der Waals surface area contributed by atoms with Crippen molar-refractivity contribution in [2.75, 3.05) is 40.3 Å². The lowest BCUT2D eigenvalue weighted by molar-refractivity contribution is 0.242. The van der Waals surface area contributed by atoms with Crippen LogP contribution in [0.3, 0.4) is 0 Å². The fraction of sp³-hybridized carbons (Fsp3) is 0.562. The van der Waals surface area contributed by atoms with E-state index in [1.807, 2.05) is 24.3 Å². The summed E-state index contributed by atoms with van der Waals surface area (Å²) in [7, 11) is 4.31. The molecule has 5 heteroatoms. The Labute approximate surface area is 132 Å². The van der Waals surface area contributed by atoms with Gasteiger partial charge in [0.2, 0.25) is 0 Å². The molecule has 1 aromatic rings. The predicted octanol–water partition coefficient (Wildman–Crippen LogP) is 1.73. The second kappa shape index (κ2) is 7.73. The molecule has 1 atom stereocenters. The first-order valence-corrected chi connectivity index (χ1v) is 7.89. The van der Waals surface area contributed by atoms with Crippen molar-refractivity contribution in [3.05, 3.63) is 29.8 Å². The van der Waals surface area contributed by atoms with Crippen molar-refractivity contribution >= 4 is 17.2 Å². The SMILES string of the molecule is CN(C)C1CCN(CCCOc2ccccc2C(N)=S)C1. The van der Waals surface area contributed by atoms with Crippen molar-refractivity contribution in [2.24, 2.45) is 5.73 Å². The highest BCUT2D eigenvalue weighted by molar-refractivity contribution is 7.80. The molecule has 2 N–H and O–H groups in total. The van der Waals surface area contributed by atoms with Gasteiger partial charge in [0.25, 0.3) is 0 Å². The largest absolute Gasteiger partial charge is 0.493 e. The van der Waals surface area contributed by atoms with Crippen molar-refractivity contribution in [1.29, 1.82) is 0 Å². The number of hydrogen-bond donors (Lipinski definition) is 1. The van der Waals surface area contributed by atoms with E-state index in [2.05, 4.69) is 23.9 Å². The Hall–Kier alpha value is -1.17. The summed E-state index contributed by atoms with van der Waals surface area (Å²) < 4.78 is 5.83. The highest BCUT2D eigenvalue weighted by Gasteiger charge is 2.23. The summed E-state index contributed by atoms with van der Waals surface area (Å²) >= 11 is 5.04. The molecule has 0 amide bonds. The first-order chi connectivity index (χ1) is 10.1. The van der Waals surface area contributed by atoms with Gasteiger partial charge in [-0.15, -0.1) is 0 Å². The number of hydrogen-bond acceptors (Lipinski definition) is 4. The van der Waals surface area contributed by atoms with Gasteiger partial charge in [-0.1, -0.05) is 24.4 Å². The molecule has 116 valence electrons. The van der Waals surface area contributed by atoms with E-state index < -0.39 is 0 Å². The van der Waals surface area contributed by atoms with E-state index >= 15 is 0 Å². The van der Waals surface area contributed by atoms with E-state index in [9.17, 15) is 0 Å². The summed E-state index contributed by atoms with van der Waals surface area (Å²) in [5, 5.41) is 0. The van der Waals surface area contributed by atoms with E-state index in [4.69, 9.17) is 22.7 Å². The van der Waals surface area contributed by atoms with Crippen molar-refractivity contribution < 1.29 is 4.74 Å². The van der Waals surface area contributed by atoms with Gasteiger partial charge < -0.3 is 20.3 Å². The monoisotopic (exact) mass is 307 g/mol. The molecule has 1 heterocycles. The molecule has 0 radical (unpaired) electrons. The Morgan fingerprint density at radius 1 is 1.43 bits per heavy atom. The molecule has 0 saturated carbocycles. The summed E-state index contributed by atoms with van der Waals surface area (Å²) in [5.41, 5.74) is 6.52. The molecule has 1 aromatic carbocycles. The molecule has 1 aliphatic heterocycles. The third kappa shape index (κ3) is 4.66. The fourth-order valence-electron chi connectivity index (χ4n) is 2.70. The van der Waals surface area contributed by atoms with Crippen molar-refractivity contribution in [3.63, 3.8) is 0 Å². The maximum absolute atomic E-state index is 5.83. The first-order valence-electron chi connectivity index (χ1n) is 7.48. The van der Waals surface area contributed by atoms with Crippen LogP contribution in [0.25, 0.3) is 0 Å². The molecule has 0 aromatic heterocycles. The molecule has 0 aliphatic carbocycles. The molecule has 0 spiro atoms. The fourth-order valence-corrected chi connectivity index (χ4v) is 2.87. The number of nitrogens with two attached hydrogens (primary N) is 1. The average molecular weight is 307 g/mol. The van der Waals surface area contributed by atoms with Gasteiger partial charge in [-0.05, 0) is 45.6 Å². The molecule has 2 rings (SSSR count). The summed E-state index contributed by atoms with van der Waals surface area (Å²) in [5.74, 6) is 0.789. The molecule has 1 aliphatic rings. The Morgan fingerprint density at radius 2 is 2.19 bits per heavy atom. The van der Waals surface area contributed by atoms with Gasteiger partial charge in [0.15, 0.2) is 0 Å². The maximum atomic E-state index is 5.83. The van der Waals surface area contributed by atoms with Crippen LogP contribution >= 0.6 is 12.2 Å². The van der Waals surface area contributed by atoms with Gasteiger partial charge in [0, 0.05) is 19.1 Å². The van der Waals surface area contributed by atoms with Crippen LogP contribution in [0.15, 0.2) is 24.3 Å². The van der Waals surface area contributed by atoms with Crippen molar-refractivity contribution in [2.45, 2.75) is 18.9 Å². The predicted molar refractivity (Wildman–Crippen MR) is 91.0 cm³/mol. The van der Waals surface area contributed by atoms with Gasteiger partial charge in [-0.2, -0.15) is 0 Å². The summed E-state index contributed by atoms with van der Waals surface area (Å²) in [6.07, 6.45) is 2.28. The molecule has 1 fully saturated rings. The van der Waals surface area contributed by atoms with E-state index in [-0.39, 0.29) is 0 Å². The number of ether oxygens (including phenoxy) is 1. The van der Waals surface area contributed by atoms with E-state index in [0.29, 0.717) is 17.6 Å². The molecule has 1 saturated heterocycles. The summed E-state index contributed by atoms with van der Waals surface area (Å²) in [6, 6.07) is 8.39. The number of benzene rings is 1. The van der Waals surface area contributed by atoms with Crippen LogP contribution in [-0.4, -0.2) is 61.2 Å². The minimum Gasteiger partial charge on any atom is -0.493 e. The second-order valence-corrected chi connectivity index (χ2v) is 6.21. The quantitative estimate of drug-likeness (QED) is 0.614. The number of likely N-dealkylation sites (N-methyl/N-ethyl adjacent to an activating group) is 1. The number of likely N-dealkylation sites (tertiary alicyclic amines) is 1. The Bertz CT molecular complexity index is 478. The van der Waals surface area contributed by atoms with Crippen LogP contribution in [-0.2, 0) is 0 Å². The Balaban J connectivity index is 1.72. The van der Waals surface area contributed by atoms with Crippen molar-refractivity contribution in [3.8, 4) is 5.75 Å². The number of rotatable bonds is 7. The zero-order valence-corrected chi connectivity index (χ0v) is 13.7. The number of para-hydroxylation sites is 1. The van der Waals surface area contributed by atoms with E-state index in [1.165, 1.54) is 13.0 Å². The van der Waals surface area contributed by atoms with Crippen LogP contribution in [0.5, 0.6) is 5.75 Å². The lowest BCUT2D eigenvalue weighted by atomic mass is 10.2. The maximum Gasteiger partial charge on any atom is 0.129 e. The number of thiocarbonyl (C=S) groups is 1. The van der Waals surface area contributed by atoms with Gasteiger partial charge in [-0.25, -0.2) is 0 Å². The lowest BCUT2D eigenvalue weighted by Crippen LogP contribution is -2.32. The van der Waals surface area contributed by atoms with Crippen LogP contribution in [0.4, 0.5) is 0 Å².